The Bertz CT molecular complexity index is 1320. The summed E-state index contributed by atoms with van der Waals surface area (Å²) in [5, 5.41) is 0.776. The largest absolute Gasteiger partial charge is 0.454 e. The number of imidazole rings is 1. The van der Waals surface area contributed by atoms with E-state index in [-0.39, 0.29) is 19.3 Å². The van der Waals surface area contributed by atoms with Gasteiger partial charge in [0.15, 0.2) is 33.6 Å². The number of carbonyl (C=O) groups excluding carboxylic acids is 1. The van der Waals surface area contributed by atoms with Crippen LogP contribution in [0.25, 0.3) is 11.2 Å². The lowest BCUT2D eigenvalue weighted by atomic mass is 9.93. The van der Waals surface area contributed by atoms with E-state index in [4.69, 9.17) is 34.4 Å². The third kappa shape index (κ3) is 6.97. The van der Waals surface area contributed by atoms with Gasteiger partial charge in [0.1, 0.15) is 12.9 Å². The fourth-order valence-corrected chi connectivity index (χ4v) is 6.19. The quantitative estimate of drug-likeness (QED) is 0.277. The van der Waals surface area contributed by atoms with Crippen molar-refractivity contribution in [1.29, 1.82) is 0 Å². The van der Waals surface area contributed by atoms with Crippen LogP contribution in [0.2, 0.25) is 0 Å². The van der Waals surface area contributed by atoms with Crippen LogP contribution in [-0.4, -0.2) is 90.4 Å². The van der Waals surface area contributed by atoms with E-state index in [0.717, 1.165) is 53.4 Å². The van der Waals surface area contributed by atoms with Gasteiger partial charge in [-0.1, -0.05) is 11.8 Å². The molecular formula is C26H33BrN6O6S. The Balaban J connectivity index is 1.17. The number of nitrogens with zero attached hydrogens (tertiary/aromatic N) is 5. The Hall–Kier alpha value is -2.65. The average Bonchev–Trinajstić information content (AvgIpc) is 3.56. The molecule has 2 N–H and O–H groups in total. The lowest BCUT2D eigenvalue weighted by Crippen LogP contribution is -2.40. The first kappa shape index (κ1) is 28.9. The Labute approximate surface area is 245 Å². The van der Waals surface area contributed by atoms with Crippen LogP contribution in [0.1, 0.15) is 19.3 Å². The van der Waals surface area contributed by atoms with Crippen LogP contribution >= 0.6 is 27.7 Å². The minimum Gasteiger partial charge on any atom is -0.454 e. The molecule has 1 aromatic carbocycles. The summed E-state index contributed by atoms with van der Waals surface area (Å²) < 4.78 is 29.8. The number of hydrogen-bond donors (Lipinski definition) is 1. The zero-order chi connectivity index (χ0) is 27.9. The highest BCUT2D eigenvalue weighted by molar-refractivity contribution is 9.10. The molecule has 0 bridgehead atoms. The topological polar surface area (TPSA) is 136 Å². The molecule has 0 aliphatic carbocycles. The van der Waals surface area contributed by atoms with Crippen LogP contribution in [0.5, 0.6) is 11.5 Å². The number of likely N-dealkylation sites (tertiary alicyclic amines) is 1. The Morgan fingerprint density at radius 2 is 1.88 bits per heavy atom. The number of amides is 1. The van der Waals surface area contributed by atoms with Crippen molar-refractivity contribution in [3.05, 3.63) is 22.9 Å². The zero-order valence-electron chi connectivity index (χ0n) is 22.3. The predicted molar refractivity (Wildman–Crippen MR) is 152 cm³/mol. The maximum absolute atomic E-state index is 12.6. The molecule has 0 atom stereocenters. The highest BCUT2D eigenvalue weighted by atomic mass is 79.9. The Kier molecular flexibility index (Phi) is 9.97. The summed E-state index contributed by atoms with van der Waals surface area (Å²) in [5.41, 5.74) is 7.45. The van der Waals surface area contributed by atoms with Crippen LogP contribution in [-0.2, 0) is 25.5 Å². The highest BCUT2D eigenvalue weighted by Gasteiger charge is 2.25. The van der Waals surface area contributed by atoms with Crippen molar-refractivity contribution >= 4 is 50.6 Å². The third-order valence-corrected chi connectivity index (χ3v) is 8.88. The van der Waals surface area contributed by atoms with Crippen molar-refractivity contribution in [2.24, 2.45) is 5.92 Å². The summed E-state index contributed by atoms with van der Waals surface area (Å²) in [6, 6.07) is 3.85. The molecule has 3 aromatic rings. The maximum Gasteiger partial charge on any atom is 0.248 e. The maximum atomic E-state index is 12.6. The van der Waals surface area contributed by atoms with Gasteiger partial charge in [-0.3, -0.25) is 4.79 Å². The minimum atomic E-state index is 0.0242. The van der Waals surface area contributed by atoms with Gasteiger partial charge in [0, 0.05) is 36.1 Å². The summed E-state index contributed by atoms with van der Waals surface area (Å²) in [4.78, 5) is 28.8. The first-order chi connectivity index (χ1) is 19.5. The molecule has 0 unspecified atom stereocenters. The molecule has 2 aliphatic rings. The number of benzene rings is 1. The van der Waals surface area contributed by atoms with Gasteiger partial charge in [0.2, 0.25) is 12.7 Å². The molecule has 4 heterocycles. The standard InChI is InChI=1S/C26H33BrN6O6S/c1-35-8-9-36-10-11-37-14-22(34)32-5-2-17(3-6-32)4-7-33-25-23(24(28)29-15-30-25)31-26(33)40-21-13-20-19(12-18(21)27)38-16-39-20/h12-13,15,17H,2-11,14,16H2,1H3,(H2,28,29,30). The van der Waals surface area contributed by atoms with Gasteiger partial charge < -0.3 is 38.9 Å². The number of rotatable bonds is 13. The lowest BCUT2D eigenvalue weighted by Gasteiger charge is -2.32. The van der Waals surface area contributed by atoms with Crippen molar-refractivity contribution in [1.82, 2.24) is 24.4 Å². The second-order valence-electron chi connectivity index (χ2n) is 9.49. The molecular weight excluding hydrogens is 604 g/mol. The van der Waals surface area contributed by atoms with Gasteiger partial charge in [0.05, 0.1) is 26.4 Å². The second kappa shape index (κ2) is 13.8. The molecule has 2 aromatic heterocycles. The smallest absolute Gasteiger partial charge is 0.248 e. The van der Waals surface area contributed by atoms with Crippen molar-refractivity contribution < 1.29 is 28.5 Å². The number of aromatic nitrogens is 4. The monoisotopic (exact) mass is 636 g/mol. The minimum absolute atomic E-state index is 0.0242. The van der Waals surface area contributed by atoms with Gasteiger partial charge in [0.25, 0.3) is 0 Å². The van der Waals surface area contributed by atoms with Crippen LogP contribution in [0, 0.1) is 5.92 Å². The molecule has 1 amide bonds. The zero-order valence-corrected chi connectivity index (χ0v) is 24.7. The summed E-state index contributed by atoms with van der Waals surface area (Å²) >= 11 is 5.15. The number of fused-ring (bicyclic) bond motifs is 2. The number of nitrogen functional groups attached to an aromatic ring is 1. The van der Waals surface area contributed by atoms with Gasteiger partial charge in [-0.2, -0.15) is 0 Å². The number of ether oxygens (including phenoxy) is 5. The summed E-state index contributed by atoms with van der Waals surface area (Å²) in [5.74, 6) is 2.27. The van der Waals surface area contributed by atoms with E-state index in [1.54, 1.807) is 7.11 Å². The van der Waals surface area contributed by atoms with Crippen molar-refractivity contribution in [2.75, 3.05) is 65.8 Å². The summed E-state index contributed by atoms with van der Waals surface area (Å²) in [6.07, 6.45) is 4.28. The van der Waals surface area contributed by atoms with Gasteiger partial charge in [-0.25, -0.2) is 15.0 Å². The van der Waals surface area contributed by atoms with Gasteiger partial charge in [-0.05, 0) is 53.2 Å². The van der Waals surface area contributed by atoms with Crippen LogP contribution in [0.4, 0.5) is 5.82 Å². The molecule has 14 heteroatoms. The number of methoxy groups -OCH3 is 1. The van der Waals surface area contributed by atoms with Crippen LogP contribution < -0.4 is 15.2 Å². The normalized spacial score (nSPS) is 15.3. The summed E-state index contributed by atoms with van der Waals surface area (Å²) in [6.45, 7) is 4.37. The third-order valence-electron chi connectivity index (χ3n) is 6.91. The fourth-order valence-electron chi connectivity index (χ4n) is 4.68. The van der Waals surface area contributed by atoms with Crippen molar-refractivity contribution in [2.45, 2.75) is 35.9 Å². The fraction of sp³-hybridized carbons (Fsp3) is 0.538. The molecule has 12 nitrogen and oxygen atoms in total. The van der Waals surface area contributed by atoms with E-state index < -0.39 is 0 Å². The predicted octanol–water partition coefficient (Wildman–Crippen LogP) is 3.36. The SMILES string of the molecule is COCCOCCOCC(=O)N1CCC(CCn2c(Sc3cc4c(cc3Br)OCO4)nc3c(N)ncnc32)CC1. The van der Waals surface area contributed by atoms with Gasteiger partial charge in [-0.15, -0.1) is 0 Å². The number of aryl methyl sites for hydroxylation is 1. The van der Waals surface area contributed by atoms with E-state index in [0.29, 0.717) is 60.8 Å². The number of hydrogen-bond acceptors (Lipinski definition) is 11. The first-order valence-corrected chi connectivity index (χ1v) is 14.8. The van der Waals surface area contributed by atoms with Crippen molar-refractivity contribution in [3.8, 4) is 11.5 Å². The van der Waals surface area contributed by atoms with E-state index in [9.17, 15) is 4.79 Å². The molecule has 0 spiro atoms. The van der Waals surface area contributed by atoms with Crippen LogP contribution in [0.3, 0.4) is 0 Å². The molecule has 40 heavy (non-hydrogen) atoms. The molecule has 0 saturated carbocycles. The number of anilines is 1. The molecule has 0 radical (unpaired) electrons. The molecule has 5 rings (SSSR count). The first-order valence-electron chi connectivity index (χ1n) is 13.2. The number of carbonyl (C=O) groups is 1. The summed E-state index contributed by atoms with van der Waals surface area (Å²) in [7, 11) is 1.63. The average molecular weight is 638 g/mol. The molecule has 216 valence electrons. The molecule has 1 saturated heterocycles. The Morgan fingerprint density at radius 3 is 2.67 bits per heavy atom. The molecule has 2 aliphatic heterocycles. The lowest BCUT2D eigenvalue weighted by molar-refractivity contribution is -0.138. The van der Waals surface area contributed by atoms with E-state index in [1.807, 2.05) is 17.0 Å². The Morgan fingerprint density at radius 1 is 1.12 bits per heavy atom. The highest BCUT2D eigenvalue weighted by Crippen LogP contribution is 2.43. The molecule has 1 fully saturated rings. The van der Waals surface area contributed by atoms with E-state index >= 15 is 0 Å². The number of nitrogens with two attached hydrogens (primary N) is 1. The van der Waals surface area contributed by atoms with E-state index in [1.165, 1.54) is 18.1 Å². The number of halogens is 1. The number of piperidine rings is 1. The van der Waals surface area contributed by atoms with Crippen molar-refractivity contribution in [3.63, 3.8) is 0 Å². The van der Waals surface area contributed by atoms with Crippen LogP contribution in [0.15, 0.2) is 33.0 Å². The second-order valence-corrected chi connectivity index (χ2v) is 11.3. The van der Waals surface area contributed by atoms with Gasteiger partial charge >= 0.3 is 0 Å². The van der Waals surface area contributed by atoms with E-state index in [2.05, 4.69) is 30.5 Å².